The van der Waals surface area contributed by atoms with Crippen LogP contribution in [0.3, 0.4) is 0 Å². The molecule has 1 amide bonds. The van der Waals surface area contributed by atoms with Gasteiger partial charge in [0.25, 0.3) is 5.91 Å². The van der Waals surface area contributed by atoms with Crippen LogP contribution in [-0.2, 0) is 0 Å². The van der Waals surface area contributed by atoms with E-state index in [-0.39, 0.29) is 23.0 Å². The van der Waals surface area contributed by atoms with Crippen molar-refractivity contribution < 1.29 is 23.0 Å². The number of methoxy groups -OCH3 is 1. The Hall–Kier alpha value is -4.27. The first kappa shape index (κ1) is 22.5. The molecule has 5 rings (SSSR count). The Labute approximate surface area is 199 Å². The zero-order valence-electron chi connectivity index (χ0n) is 18.8. The molecule has 1 aliphatic rings. The maximum atomic E-state index is 14.0. The van der Waals surface area contributed by atoms with Gasteiger partial charge in [-0.25, -0.2) is 13.3 Å². The molecule has 1 fully saturated rings. The molecule has 7 nitrogen and oxygen atoms in total. The van der Waals surface area contributed by atoms with Crippen LogP contribution in [0.5, 0.6) is 17.4 Å². The third-order valence-corrected chi connectivity index (χ3v) is 5.92. The highest BCUT2D eigenvalue weighted by Gasteiger charge is 2.22. The van der Waals surface area contributed by atoms with E-state index in [0.717, 1.165) is 18.9 Å². The molecule has 1 saturated heterocycles. The zero-order valence-corrected chi connectivity index (χ0v) is 18.8. The molecule has 0 atom stereocenters. The van der Waals surface area contributed by atoms with E-state index < -0.39 is 11.6 Å². The minimum absolute atomic E-state index is 0.0440. The zero-order chi connectivity index (χ0) is 24.5. The standard InChI is InChI=1S/C26H21F2N3O4/c1-34-22-7-4-16(26(33)30-11-2-3-12-30)14-18(22)25-20-6-9-24(29-31(20)13-10-21(25)32)35-23-8-5-17(27)15-19(23)28/h4-10,13-15H,2-3,11-12H2,1H3. The van der Waals surface area contributed by atoms with E-state index in [2.05, 4.69) is 5.10 Å². The predicted molar refractivity (Wildman–Crippen MR) is 125 cm³/mol. The number of hydrogen-bond acceptors (Lipinski definition) is 5. The number of halogens is 2. The number of carbonyl (C=O) groups is 1. The summed E-state index contributed by atoms with van der Waals surface area (Å²) in [5.41, 5.74) is 1.37. The second-order valence-electron chi connectivity index (χ2n) is 8.15. The Balaban J connectivity index is 1.58. The van der Waals surface area contributed by atoms with Gasteiger partial charge in [-0.2, -0.15) is 0 Å². The molecule has 0 N–H and O–H groups in total. The summed E-state index contributed by atoms with van der Waals surface area (Å²) in [6.07, 6.45) is 3.40. The second-order valence-corrected chi connectivity index (χ2v) is 8.15. The average molecular weight is 477 g/mol. The number of amides is 1. The van der Waals surface area contributed by atoms with Gasteiger partial charge in [-0.3, -0.25) is 9.59 Å². The average Bonchev–Trinajstić information content (AvgIpc) is 3.40. The van der Waals surface area contributed by atoms with Gasteiger partial charge in [0, 0.05) is 48.6 Å². The van der Waals surface area contributed by atoms with Crippen LogP contribution in [-0.4, -0.2) is 40.6 Å². The number of rotatable bonds is 5. The van der Waals surface area contributed by atoms with Gasteiger partial charge in [0.05, 0.1) is 18.2 Å². The van der Waals surface area contributed by atoms with E-state index in [4.69, 9.17) is 9.47 Å². The summed E-state index contributed by atoms with van der Waals surface area (Å²) < 4.78 is 39.6. The topological polar surface area (TPSA) is 73.1 Å². The molecule has 2 aromatic carbocycles. The third kappa shape index (κ3) is 4.32. The molecule has 3 heterocycles. The Morgan fingerprint density at radius 2 is 1.74 bits per heavy atom. The summed E-state index contributed by atoms with van der Waals surface area (Å²) in [5, 5.41) is 4.32. The Morgan fingerprint density at radius 1 is 0.971 bits per heavy atom. The summed E-state index contributed by atoms with van der Waals surface area (Å²) in [5.74, 6) is -1.39. The summed E-state index contributed by atoms with van der Waals surface area (Å²) >= 11 is 0. The molecule has 9 heteroatoms. The van der Waals surface area contributed by atoms with Gasteiger partial charge in [-0.15, -0.1) is 5.10 Å². The van der Waals surface area contributed by atoms with Crippen LogP contribution in [0.4, 0.5) is 8.78 Å². The van der Waals surface area contributed by atoms with E-state index in [1.807, 2.05) is 0 Å². The number of hydrogen-bond donors (Lipinski definition) is 0. The summed E-state index contributed by atoms with van der Waals surface area (Å²) in [6.45, 7) is 1.41. The fourth-order valence-corrected chi connectivity index (χ4v) is 4.21. The van der Waals surface area contributed by atoms with Gasteiger partial charge in [0.2, 0.25) is 5.88 Å². The van der Waals surface area contributed by atoms with Crippen molar-refractivity contribution in [2.24, 2.45) is 0 Å². The molecule has 2 aromatic heterocycles. The molecule has 0 bridgehead atoms. The van der Waals surface area contributed by atoms with Crippen molar-refractivity contribution in [3.63, 3.8) is 0 Å². The fourth-order valence-electron chi connectivity index (χ4n) is 4.21. The lowest BCUT2D eigenvalue weighted by atomic mass is 10.00. The lowest BCUT2D eigenvalue weighted by Crippen LogP contribution is -2.27. The first-order chi connectivity index (χ1) is 16.9. The van der Waals surface area contributed by atoms with E-state index in [1.165, 1.54) is 36.0 Å². The predicted octanol–water partition coefficient (Wildman–Crippen LogP) is 4.68. The van der Waals surface area contributed by atoms with Crippen molar-refractivity contribution in [1.82, 2.24) is 14.5 Å². The molecule has 0 unspecified atom stereocenters. The van der Waals surface area contributed by atoms with Gasteiger partial charge in [-0.1, -0.05) is 0 Å². The molecule has 35 heavy (non-hydrogen) atoms. The molecule has 0 spiro atoms. The molecule has 1 aliphatic heterocycles. The molecule has 0 radical (unpaired) electrons. The van der Waals surface area contributed by atoms with Crippen LogP contribution in [0, 0.1) is 11.6 Å². The third-order valence-electron chi connectivity index (χ3n) is 5.92. The van der Waals surface area contributed by atoms with Gasteiger partial charge in [0.1, 0.15) is 11.6 Å². The van der Waals surface area contributed by atoms with Crippen molar-refractivity contribution in [2.45, 2.75) is 12.8 Å². The molecular formula is C26H21F2N3O4. The number of fused-ring (bicyclic) bond motifs is 1. The van der Waals surface area contributed by atoms with Crippen LogP contribution in [0.1, 0.15) is 23.2 Å². The van der Waals surface area contributed by atoms with E-state index in [0.29, 0.717) is 47.1 Å². The maximum Gasteiger partial charge on any atom is 0.253 e. The lowest BCUT2D eigenvalue weighted by molar-refractivity contribution is 0.0793. The molecular weight excluding hydrogens is 456 g/mol. The second kappa shape index (κ2) is 9.17. The number of carbonyl (C=O) groups excluding carboxylic acids is 1. The van der Waals surface area contributed by atoms with Gasteiger partial charge in [-0.05, 0) is 49.2 Å². The van der Waals surface area contributed by atoms with E-state index in [9.17, 15) is 18.4 Å². The number of likely N-dealkylation sites (tertiary alicyclic amines) is 1. The van der Waals surface area contributed by atoms with Crippen molar-refractivity contribution in [3.05, 3.63) is 88.2 Å². The largest absolute Gasteiger partial charge is 0.496 e. The van der Waals surface area contributed by atoms with Gasteiger partial charge < -0.3 is 14.4 Å². The molecule has 0 aliphatic carbocycles. The van der Waals surface area contributed by atoms with E-state index in [1.54, 1.807) is 29.2 Å². The van der Waals surface area contributed by atoms with Crippen LogP contribution in [0.2, 0.25) is 0 Å². The Bertz CT molecular complexity index is 1500. The summed E-state index contributed by atoms with van der Waals surface area (Å²) in [7, 11) is 1.49. The van der Waals surface area contributed by atoms with Crippen LogP contribution >= 0.6 is 0 Å². The highest BCUT2D eigenvalue weighted by atomic mass is 19.1. The van der Waals surface area contributed by atoms with Crippen LogP contribution < -0.4 is 14.9 Å². The first-order valence-electron chi connectivity index (χ1n) is 11.1. The number of benzene rings is 2. The van der Waals surface area contributed by atoms with E-state index >= 15 is 0 Å². The summed E-state index contributed by atoms with van der Waals surface area (Å²) in [4.78, 5) is 27.7. The number of aromatic nitrogens is 2. The first-order valence-corrected chi connectivity index (χ1v) is 11.1. The van der Waals surface area contributed by atoms with Crippen molar-refractivity contribution >= 4 is 11.4 Å². The van der Waals surface area contributed by atoms with Crippen molar-refractivity contribution in [3.8, 4) is 28.5 Å². The Morgan fingerprint density at radius 3 is 2.49 bits per heavy atom. The number of pyridine rings is 1. The highest BCUT2D eigenvalue weighted by molar-refractivity contribution is 5.97. The normalized spacial score (nSPS) is 13.3. The van der Waals surface area contributed by atoms with Crippen molar-refractivity contribution in [2.75, 3.05) is 20.2 Å². The fraction of sp³-hybridized carbons (Fsp3) is 0.192. The maximum absolute atomic E-state index is 14.0. The molecule has 0 saturated carbocycles. The SMILES string of the molecule is COc1ccc(C(=O)N2CCCC2)cc1-c1c(=O)ccn2nc(Oc3ccc(F)cc3F)ccc12. The smallest absolute Gasteiger partial charge is 0.253 e. The molecule has 4 aromatic rings. The number of ether oxygens (including phenoxy) is 2. The molecule has 178 valence electrons. The lowest BCUT2D eigenvalue weighted by Gasteiger charge is -2.17. The monoisotopic (exact) mass is 477 g/mol. The highest BCUT2D eigenvalue weighted by Crippen LogP contribution is 2.33. The quantitative estimate of drug-likeness (QED) is 0.418. The van der Waals surface area contributed by atoms with Crippen LogP contribution in [0.15, 0.2) is 65.6 Å². The van der Waals surface area contributed by atoms with Gasteiger partial charge >= 0.3 is 0 Å². The van der Waals surface area contributed by atoms with Crippen LogP contribution in [0.25, 0.3) is 16.6 Å². The summed E-state index contributed by atoms with van der Waals surface area (Å²) in [6, 6.07) is 12.4. The van der Waals surface area contributed by atoms with Gasteiger partial charge in [0.15, 0.2) is 17.0 Å². The minimum atomic E-state index is -0.864. The minimum Gasteiger partial charge on any atom is -0.496 e. The Kier molecular flexibility index (Phi) is 5.90. The number of nitrogens with zero attached hydrogens (tertiary/aromatic N) is 3. The van der Waals surface area contributed by atoms with Crippen molar-refractivity contribution in [1.29, 1.82) is 0 Å².